The highest BCUT2D eigenvalue weighted by molar-refractivity contribution is 5.60. The average molecular weight is 288 g/mol. The van der Waals surface area contributed by atoms with E-state index < -0.39 is 5.82 Å². The first-order chi connectivity index (χ1) is 10.1. The minimum Gasteiger partial charge on any atom is -0.342 e. The third kappa shape index (κ3) is 2.53. The molecule has 0 radical (unpaired) electrons. The van der Waals surface area contributed by atoms with E-state index in [0.717, 1.165) is 25.7 Å². The molecule has 0 saturated carbocycles. The molecule has 0 bridgehead atoms. The second-order valence-electron chi connectivity index (χ2n) is 5.53. The van der Waals surface area contributed by atoms with Crippen LogP contribution in [0.2, 0.25) is 0 Å². The number of anilines is 1. The van der Waals surface area contributed by atoms with Gasteiger partial charge in [-0.1, -0.05) is 6.92 Å². The van der Waals surface area contributed by atoms with Crippen LogP contribution in [0, 0.1) is 11.7 Å². The summed E-state index contributed by atoms with van der Waals surface area (Å²) in [5, 5.41) is 0. The van der Waals surface area contributed by atoms with Gasteiger partial charge < -0.3 is 4.90 Å². The van der Waals surface area contributed by atoms with Crippen LogP contribution in [0.25, 0.3) is 11.3 Å². The zero-order valence-electron chi connectivity index (χ0n) is 12.1. The van der Waals surface area contributed by atoms with Gasteiger partial charge in [-0.15, -0.1) is 0 Å². The lowest BCUT2D eigenvalue weighted by Crippen LogP contribution is -2.30. The minimum atomic E-state index is -0.473. The van der Waals surface area contributed by atoms with Gasteiger partial charge in [0.05, 0.1) is 11.9 Å². The predicted molar refractivity (Wildman–Crippen MR) is 78.7 cm³/mol. The summed E-state index contributed by atoms with van der Waals surface area (Å²) in [5.74, 6) is 0.695. The Morgan fingerprint density at radius 2 is 2.24 bits per heavy atom. The van der Waals surface area contributed by atoms with Gasteiger partial charge in [0.15, 0.2) is 5.82 Å². The van der Waals surface area contributed by atoms with Crippen LogP contribution in [0.4, 0.5) is 10.3 Å². The summed E-state index contributed by atoms with van der Waals surface area (Å²) < 4.78 is 15.4. The van der Waals surface area contributed by atoms with Gasteiger partial charge in [0.1, 0.15) is 0 Å². The Labute approximate surface area is 122 Å². The number of aromatic nitrogens is 3. The van der Waals surface area contributed by atoms with E-state index in [-0.39, 0.29) is 5.56 Å². The summed E-state index contributed by atoms with van der Waals surface area (Å²) in [7, 11) is 1.69. The maximum Gasteiger partial charge on any atom is 0.255 e. The summed E-state index contributed by atoms with van der Waals surface area (Å²) >= 11 is 0. The molecule has 1 atom stereocenters. The summed E-state index contributed by atoms with van der Waals surface area (Å²) in [4.78, 5) is 22.4. The van der Waals surface area contributed by atoms with E-state index in [2.05, 4.69) is 21.8 Å². The smallest absolute Gasteiger partial charge is 0.255 e. The van der Waals surface area contributed by atoms with Gasteiger partial charge >= 0.3 is 0 Å². The number of nitrogens with zero attached hydrogens (tertiary/aromatic N) is 4. The molecule has 1 saturated heterocycles. The summed E-state index contributed by atoms with van der Waals surface area (Å²) in [6, 6.07) is 2.90. The van der Waals surface area contributed by atoms with Crippen LogP contribution in [0.3, 0.4) is 0 Å². The van der Waals surface area contributed by atoms with Gasteiger partial charge in [0.25, 0.3) is 5.56 Å². The molecule has 6 heteroatoms. The van der Waals surface area contributed by atoms with E-state index in [1.165, 1.54) is 22.9 Å². The summed E-state index contributed by atoms with van der Waals surface area (Å²) in [5.41, 5.74) is 0.467. The molecule has 1 unspecified atom stereocenters. The monoisotopic (exact) mass is 288 g/mol. The largest absolute Gasteiger partial charge is 0.342 e. The normalized spacial score (nSPS) is 18.2. The second-order valence-corrected chi connectivity index (χ2v) is 5.53. The van der Waals surface area contributed by atoms with Crippen molar-refractivity contribution in [1.82, 2.24) is 14.5 Å². The van der Waals surface area contributed by atoms with E-state index in [1.807, 2.05) is 0 Å². The van der Waals surface area contributed by atoms with Crippen molar-refractivity contribution in [3.05, 3.63) is 40.7 Å². The van der Waals surface area contributed by atoms with Gasteiger partial charge in [-0.3, -0.25) is 14.3 Å². The van der Waals surface area contributed by atoms with E-state index in [0.29, 0.717) is 23.1 Å². The summed E-state index contributed by atoms with van der Waals surface area (Å²) in [6.45, 7) is 3.90. The number of halogens is 1. The molecule has 2 aromatic rings. The van der Waals surface area contributed by atoms with Crippen molar-refractivity contribution in [2.24, 2.45) is 13.0 Å². The maximum atomic E-state index is 13.9. The molecule has 21 heavy (non-hydrogen) atoms. The van der Waals surface area contributed by atoms with Crippen LogP contribution in [-0.2, 0) is 7.05 Å². The fourth-order valence-electron chi connectivity index (χ4n) is 2.65. The molecule has 2 aromatic heterocycles. The lowest BCUT2D eigenvalue weighted by Gasteiger charge is -2.20. The van der Waals surface area contributed by atoms with Crippen molar-refractivity contribution in [2.75, 3.05) is 18.0 Å². The third-order valence-electron chi connectivity index (χ3n) is 3.87. The molecule has 0 amide bonds. The second kappa shape index (κ2) is 5.27. The first kappa shape index (κ1) is 13.7. The van der Waals surface area contributed by atoms with Crippen LogP contribution in [-0.4, -0.2) is 27.6 Å². The van der Waals surface area contributed by atoms with Gasteiger partial charge in [-0.25, -0.2) is 9.37 Å². The Bertz CT molecular complexity index is 728. The van der Waals surface area contributed by atoms with E-state index in [4.69, 9.17) is 0 Å². The number of hydrogen-bond acceptors (Lipinski definition) is 4. The van der Waals surface area contributed by atoms with Crippen LogP contribution in [0.5, 0.6) is 0 Å². The van der Waals surface area contributed by atoms with Crippen molar-refractivity contribution >= 4 is 5.95 Å². The van der Waals surface area contributed by atoms with Crippen molar-refractivity contribution in [3.8, 4) is 11.3 Å². The topological polar surface area (TPSA) is 51.0 Å². The number of rotatable bonds is 2. The maximum absolute atomic E-state index is 13.9. The standard InChI is InChI=1S/C15H17FN4O/c1-10-4-6-20(9-10)15-18-13(7-14(21)19(15)2)11-3-5-17-8-12(11)16/h3,5,7-8,10H,4,6,9H2,1-2H3. The Morgan fingerprint density at radius 1 is 1.43 bits per heavy atom. The van der Waals surface area contributed by atoms with Crippen LogP contribution < -0.4 is 10.5 Å². The van der Waals surface area contributed by atoms with Crippen LogP contribution in [0.1, 0.15) is 13.3 Å². The molecule has 0 aliphatic carbocycles. The molecule has 1 aliphatic rings. The molecule has 0 aromatic carbocycles. The van der Waals surface area contributed by atoms with Crippen molar-refractivity contribution in [1.29, 1.82) is 0 Å². The Kier molecular flexibility index (Phi) is 3.45. The van der Waals surface area contributed by atoms with Crippen LogP contribution in [0.15, 0.2) is 29.3 Å². The quantitative estimate of drug-likeness (QED) is 0.846. The lowest BCUT2D eigenvalue weighted by molar-refractivity contribution is 0.623. The van der Waals surface area contributed by atoms with E-state index >= 15 is 0 Å². The molecule has 3 heterocycles. The molecule has 0 spiro atoms. The minimum absolute atomic E-state index is 0.189. The molecule has 1 fully saturated rings. The molecular formula is C15H17FN4O. The predicted octanol–water partition coefficient (Wildman–Crippen LogP) is 1.83. The van der Waals surface area contributed by atoms with Gasteiger partial charge in [-0.2, -0.15) is 0 Å². The molecular weight excluding hydrogens is 271 g/mol. The number of hydrogen-bond donors (Lipinski definition) is 0. The summed E-state index contributed by atoms with van der Waals surface area (Å²) in [6.07, 6.45) is 3.70. The molecule has 1 aliphatic heterocycles. The van der Waals surface area contributed by atoms with Gasteiger partial charge in [-0.05, 0) is 18.4 Å². The van der Waals surface area contributed by atoms with Gasteiger partial charge in [0, 0.05) is 38.0 Å². The first-order valence-electron chi connectivity index (χ1n) is 6.99. The van der Waals surface area contributed by atoms with E-state index in [1.54, 1.807) is 7.05 Å². The highest BCUT2D eigenvalue weighted by Gasteiger charge is 2.23. The lowest BCUT2D eigenvalue weighted by atomic mass is 10.2. The molecule has 0 N–H and O–H groups in total. The Balaban J connectivity index is 2.10. The van der Waals surface area contributed by atoms with Crippen molar-refractivity contribution in [3.63, 3.8) is 0 Å². The molecule has 3 rings (SSSR count). The SMILES string of the molecule is CC1CCN(c2nc(-c3ccncc3F)cc(=O)n2C)C1. The fraction of sp³-hybridized carbons (Fsp3) is 0.400. The highest BCUT2D eigenvalue weighted by atomic mass is 19.1. The Morgan fingerprint density at radius 3 is 2.90 bits per heavy atom. The van der Waals surface area contributed by atoms with E-state index in [9.17, 15) is 9.18 Å². The van der Waals surface area contributed by atoms with Crippen LogP contribution >= 0.6 is 0 Å². The average Bonchev–Trinajstić information content (AvgIpc) is 2.89. The van der Waals surface area contributed by atoms with Crippen molar-refractivity contribution < 1.29 is 4.39 Å². The fourth-order valence-corrected chi connectivity index (χ4v) is 2.65. The zero-order chi connectivity index (χ0) is 15.0. The third-order valence-corrected chi connectivity index (χ3v) is 3.87. The van der Waals surface area contributed by atoms with Gasteiger partial charge in [0.2, 0.25) is 5.95 Å². The zero-order valence-corrected chi connectivity index (χ0v) is 12.1. The van der Waals surface area contributed by atoms with Crippen molar-refractivity contribution in [2.45, 2.75) is 13.3 Å². The molecule has 5 nitrogen and oxygen atoms in total. The molecule has 110 valence electrons. The first-order valence-corrected chi connectivity index (χ1v) is 6.99. The Hall–Kier alpha value is -2.24. The highest BCUT2D eigenvalue weighted by Crippen LogP contribution is 2.24. The number of pyridine rings is 1.